The molecule has 0 aliphatic heterocycles. The smallest absolute Gasteiger partial charge is 0.336 e. The lowest BCUT2D eigenvalue weighted by atomic mass is 10.1. The van der Waals surface area contributed by atoms with Crippen molar-refractivity contribution in [1.82, 2.24) is 0 Å². The van der Waals surface area contributed by atoms with Crippen LogP contribution in [-0.2, 0) is 5.88 Å². The summed E-state index contributed by atoms with van der Waals surface area (Å²) in [7, 11) is 0. The normalized spacial score (nSPS) is 10.7. The maximum atomic E-state index is 11.1. The Labute approximate surface area is 86.1 Å². The fraction of sp³-hybridized carbons (Fsp3) is 0.182. The predicted octanol–water partition coefficient (Wildman–Crippen LogP) is 2.84. The van der Waals surface area contributed by atoms with E-state index in [2.05, 4.69) is 0 Å². The predicted molar refractivity (Wildman–Crippen MR) is 56.8 cm³/mol. The Bertz CT molecular complexity index is 528. The molecule has 1 heterocycles. The van der Waals surface area contributed by atoms with Gasteiger partial charge in [-0.1, -0.05) is 12.1 Å². The third-order valence-electron chi connectivity index (χ3n) is 2.13. The second kappa shape index (κ2) is 3.46. The monoisotopic (exact) mass is 208 g/mol. The van der Waals surface area contributed by atoms with Crippen molar-refractivity contribution in [3.63, 3.8) is 0 Å². The van der Waals surface area contributed by atoms with Gasteiger partial charge in [0.1, 0.15) is 5.58 Å². The Balaban J connectivity index is 2.87. The van der Waals surface area contributed by atoms with Gasteiger partial charge in [0.2, 0.25) is 0 Å². The van der Waals surface area contributed by atoms with Crippen molar-refractivity contribution < 1.29 is 4.42 Å². The number of hydrogen-bond donors (Lipinski definition) is 0. The van der Waals surface area contributed by atoms with Crippen LogP contribution >= 0.6 is 11.6 Å². The van der Waals surface area contributed by atoms with Crippen molar-refractivity contribution in [2.75, 3.05) is 0 Å². The molecule has 0 saturated heterocycles. The van der Waals surface area contributed by atoms with E-state index < -0.39 is 0 Å². The molecular formula is C11H9ClO2. The molecule has 0 N–H and O–H groups in total. The molecule has 2 rings (SSSR count). The van der Waals surface area contributed by atoms with E-state index in [-0.39, 0.29) is 5.63 Å². The zero-order valence-corrected chi connectivity index (χ0v) is 8.47. The van der Waals surface area contributed by atoms with Gasteiger partial charge in [0, 0.05) is 17.3 Å². The van der Waals surface area contributed by atoms with Gasteiger partial charge in [-0.3, -0.25) is 0 Å². The molecule has 0 atom stereocenters. The summed E-state index contributed by atoms with van der Waals surface area (Å²) in [5, 5.41) is 0.908. The van der Waals surface area contributed by atoms with Crippen molar-refractivity contribution in [2.45, 2.75) is 12.8 Å². The van der Waals surface area contributed by atoms with Crippen LogP contribution in [0.2, 0.25) is 0 Å². The number of aryl methyl sites for hydroxylation is 1. The molecule has 2 aromatic rings. The first kappa shape index (κ1) is 9.28. The first-order valence-corrected chi connectivity index (χ1v) is 4.83. The Kier molecular flexibility index (Phi) is 2.30. The molecule has 0 unspecified atom stereocenters. The number of halogens is 1. The summed E-state index contributed by atoms with van der Waals surface area (Å²) in [6.45, 7) is 1.95. The summed E-state index contributed by atoms with van der Waals surface area (Å²) >= 11 is 5.74. The number of alkyl halides is 1. The van der Waals surface area contributed by atoms with Gasteiger partial charge in [0.05, 0.1) is 0 Å². The first-order valence-electron chi connectivity index (χ1n) is 4.30. The highest BCUT2D eigenvalue weighted by Crippen LogP contribution is 2.19. The van der Waals surface area contributed by atoms with Crippen LogP contribution in [0.1, 0.15) is 11.1 Å². The van der Waals surface area contributed by atoms with Crippen LogP contribution in [0.25, 0.3) is 11.0 Å². The molecular weight excluding hydrogens is 200 g/mol. The van der Waals surface area contributed by atoms with Gasteiger partial charge in [-0.15, -0.1) is 11.6 Å². The Morgan fingerprint density at radius 1 is 1.36 bits per heavy atom. The maximum absolute atomic E-state index is 11.1. The maximum Gasteiger partial charge on any atom is 0.336 e. The average Bonchev–Trinajstić information content (AvgIpc) is 2.15. The second-order valence-corrected chi connectivity index (χ2v) is 3.49. The van der Waals surface area contributed by atoms with E-state index >= 15 is 0 Å². The zero-order chi connectivity index (χ0) is 10.1. The van der Waals surface area contributed by atoms with Crippen molar-refractivity contribution in [3.05, 3.63) is 45.8 Å². The number of rotatable bonds is 1. The molecule has 2 nitrogen and oxygen atoms in total. The highest BCUT2D eigenvalue weighted by molar-refractivity contribution is 6.17. The molecule has 0 amide bonds. The van der Waals surface area contributed by atoms with E-state index in [4.69, 9.17) is 16.0 Å². The SMILES string of the molecule is Cc1ccc2c(CCl)cc(=O)oc2c1. The molecule has 72 valence electrons. The van der Waals surface area contributed by atoms with Crippen LogP contribution in [0, 0.1) is 6.92 Å². The highest BCUT2D eigenvalue weighted by atomic mass is 35.5. The van der Waals surface area contributed by atoms with Gasteiger partial charge in [0.15, 0.2) is 0 Å². The van der Waals surface area contributed by atoms with Gasteiger partial charge >= 0.3 is 5.63 Å². The summed E-state index contributed by atoms with van der Waals surface area (Å²) in [4.78, 5) is 11.1. The largest absolute Gasteiger partial charge is 0.423 e. The van der Waals surface area contributed by atoms with E-state index in [1.165, 1.54) is 6.07 Å². The van der Waals surface area contributed by atoms with Crippen LogP contribution in [0.5, 0.6) is 0 Å². The van der Waals surface area contributed by atoms with E-state index in [1.807, 2.05) is 25.1 Å². The second-order valence-electron chi connectivity index (χ2n) is 3.22. The molecule has 3 heteroatoms. The lowest BCUT2D eigenvalue weighted by Gasteiger charge is -2.01. The third kappa shape index (κ3) is 1.53. The fourth-order valence-corrected chi connectivity index (χ4v) is 1.67. The minimum absolute atomic E-state index is 0.325. The minimum atomic E-state index is -0.348. The summed E-state index contributed by atoms with van der Waals surface area (Å²) < 4.78 is 5.07. The molecule has 0 aliphatic rings. The molecule has 14 heavy (non-hydrogen) atoms. The lowest BCUT2D eigenvalue weighted by molar-refractivity contribution is 0.559. The summed E-state index contributed by atoms with van der Waals surface area (Å²) in [6, 6.07) is 7.17. The molecule has 0 aliphatic carbocycles. The van der Waals surface area contributed by atoms with E-state index in [9.17, 15) is 4.79 Å². The molecule has 1 aromatic heterocycles. The average molecular weight is 209 g/mol. The molecule has 0 saturated carbocycles. The van der Waals surface area contributed by atoms with E-state index in [1.54, 1.807) is 0 Å². The van der Waals surface area contributed by atoms with Gasteiger partial charge in [0.25, 0.3) is 0 Å². The number of fused-ring (bicyclic) bond motifs is 1. The van der Waals surface area contributed by atoms with Crippen LogP contribution in [0.4, 0.5) is 0 Å². The first-order chi connectivity index (χ1) is 6.70. The highest BCUT2D eigenvalue weighted by Gasteiger charge is 2.03. The fourth-order valence-electron chi connectivity index (χ4n) is 1.45. The molecule has 0 radical (unpaired) electrons. The van der Waals surface area contributed by atoms with Crippen LogP contribution in [-0.4, -0.2) is 0 Å². The Morgan fingerprint density at radius 3 is 2.86 bits per heavy atom. The van der Waals surface area contributed by atoms with Crippen molar-refractivity contribution in [3.8, 4) is 0 Å². The zero-order valence-electron chi connectivity index (χ0n) is 7.71. The number of hydrogen-bond acceptors (Lipinski definition) is 2. The van der Waals surface area contributed by atoms with Crippen LogP contribution in [0.15, 0.2) is 33.5 Å². The van der Waals surface area contributed by atoms with Gasteiger partial charge < -0.3 is 4.42 Å². The van der Waals surface area contributed by atoms with Crippen molar-refractivity contribution >= 4 is 22.6 Å². The Hall–Kier alpha value is -1.28. The van der Waals surface area contributed by atoms with Gasteiger partial charge in [-0.2, -0.15) is 0 Å². The minimum Gasteiger partial charge on any atom is -0.423 e. The summed E-state index contributed by atoms with van der Waals surface area (Å²) in [5.41, 5.74) is 2.14. The van der Waals surface area contributed by atoms with E-state index in [0.29, 0.717) is 11.5 Å². The van der Waals surface area contributed by atoms with Crippen LogP contribution < -0.4 is 5.63 Å². The number of benzene rings is 1. The van der Waals surface area contributed by atoms with Gasteiger partial charge in [-0.25, -0.2) is 4.79 Å². The Morgan fingerprint density at radius 2 is 2.14 bits per heavy atom. The summed E-state index contributed by atoms with van der Waals surface area (Å²) in [5.74, 6) is 0.325. The standard InChI is InChI=1S/C11H9ClO2/c1-7-2-3-9-8(6-12)5-11(13)14-10(9)4-7/h2-5H,6H2,1H3. The molecule has 0 fully saturated rings. The third-order valence-corrected chi connectivity index (χ3v) is 2.42. The molecule has 0 bridgehead atoms. The topological polar surface area (TPSA) is 30.2 Å². The van der Waals surface area contributed by atoms with Crippen LogP contribution in [0.3, 0.4) is 0 Å². The molecule has 0 spiro atoms. The lowest BCUT2D eigenvalue weighted by Crippen LogP contribution is -1.99. The summed E-state index contributed by atoms with van der Waals surface area (Å²) in [6.07, 6.45) is 0. The molecule has 1 aromatic carbocycles. The van der Waals surface area contributed by atoms with Crippen molar-refractivity contribution in [2.24, 2.45) is 0 Å². The van der Waals surface area contributed by atoms with Crippen molar-refractivity contribution in [1.29, 1.82) is 0 Å². The van der Waals surface area contributed by atoms with Gasteiger partial charge in [-0.05, 0) is 24.1 Å². The quantitative estimate of drug-likeness (QED) is 0.533. The van der Waals surface area contributed by atoms with E-state index in [0.717, 1.165) is 16.5 Å².